The number of fused-ring (bicyclic) bond motifs is 1. The Balaban J connectivity index is 1.51. The SMILES string of the molecule is C=C(Nc1ccc(-c2cc3cc(C=O)ccc3[nH]2)cc1)c1ccc(OC)cc1. The number of hydrogen-bond donors (Lipinski definition) is 2. The van der Waals surface area contributed by atoms with E-state index in [0.717, 1.165) is 51.1 Å². The molecule has 0 aliphatic rings. The third kappa shape index (κ3) is 3.53. The molecule has 0 fully saturated rings. The van der Waals surface area contributed by atoms with Crippen molar-refractivity contribution < 1.29 is 9.53 Å². The number of H-pyrrole nitrogens is 1. The summed E-state index contributed by atoms with van der Waals surface area (Å²) in [6.45, 7) is 4.11. The summed E-state index contributed by atoms with van der Waals surface area (Å²) in [6.07, 6.45) is 0.863. The summed E-state index contributed by atoms with van der Waals surface area (Å²) in [5, 5.41) is 4.35. The van der Waals surface area contributed by atoms with Crippen LogP contribution in [0.1, 0.15) is 15.9 Å². The number of rotatable bonds is 6. The van der Waals surface area contributed by atoms with Crippen molar-refractivity contribution in [3.63, 3.8) is 0 Å². The molecule has 2 N–H and O–H groups in total. The van der Waals surface area contributed by atoms with E-state index in [0.29, 0.717) is 5.56 Å². The van der Waals surface area contributed by atoms with Crippen molar-refractivity contribution in [3.8, 4) is 17.0 Å². The normalized spacial score (nSPS) is 10.6. The Kier molecular flexibility index (Phi) is 4.68. The molecule has 0 aliphatic heterocycles. The van der Waals surface area contributed by atoms with Crippen LogP contribution in [0.5, 0.6) is 5.75 Å². The molecule has 1 heterocycles. The van der Waals surface area contributed by atoms with Crippen molar-refractivity contribution in [2.45, 2.75) is 0 Å². The highest BCUT2D eigenvalue weighted by Gasteiger charge is 2.05. The lowest BCUT2D eigenvalue weighted by Crippen LogP contribution is -1.97. The van der Waals surface area contributed by atoms with Crippen molar-refractivity contribution in [2.75, 3.05) is 12.4 Å². The maximum absolute atomic E-state index is 11.0. The van der Waals surface area contributed by atoms with Crippen molar-refractivity contribution in [2.24, 2.45) is 0 Å². The van der Waals surface area contributed by atoms with E-state index >= 15 is 0 Å². The standard InChI is InChI=1S/C24H20N2O2/c1-16(18-6-10-22(28-2)11-7-18)25-21-8-4-19(5-9-21)24-14-20-13-17(15-27)3-12-23(20)26-24/h3-15,25-26H,1H2,2H3. The van der Waals surface area contributed by atoms with E-state index < -0.39 is 0 Å². The molecule has 138 valence electrons. The molecular formula is C24H20N2O2. The van der Waals surface area contributed by atoms with Crippen LogP contribution in [-0.2, 0) is 0 Å². The van der Waals surface area contributed by atoms with E-state index in [1.54, 1.807) is 7.11 Å². The Bertz CT molecular complexity index is 1140. The molecule has 0 amide bonds. The highest BCUT2D eigenvalue weighted by molar-refractivity contribution is 5.91. The topological polar surface area (TPSA) is 54.1 Å². The van der Waals surface area contributed by atoms with Gasteiger partial charge in [0.15, 0.2) is 0 Å². The maximum atomic E-state index is 11.0. The largest absolute Gasteiger partial charge is 0.497 e. The zero-order chi connectivity index (χ0) is 19.5. The molecule has 4 rings (SSSR count). The van der Waals surface area contributed by atoms with Gasteiger partial charge in [-0.05, 0) is 71.8 Å². The second-order valence-electron chi connectivity index (χ2n) is 6.56. The van der Waals surface area contributed by atoms with Gasteiger partial charge in [-0.2, -0.15) is 0 Å². The number of nitrogens with one attached hydrogen (secondary N) is 2. The Morgan fingerprint density at radius 2 is 1.75 bits per heavy atom. The van der Waals surface area contributed by atoms with Gasteiger partial charge in [0.05, 0.1) is 7.11 Å². The van der Waals surface area contributed by atoms with E-state index in [2.05, 4.69) is 35.1 Å². The number of hydrogen-bond acceptors (Lipinski definition) is 3. The van der Waals surface area contributed by atoms with Gasteiger partial charge in [0.25, 0.3) is 0 Å². The van der Waals surface area contributed by atoms with Gasteiger partial charge in [0, 0.05) is 33.5 Å². The lowest BCUT2D eigenvalue weighted by molar-refractivity contribution is 0.112. The molecule has 4 aromatic rings. The molecule has 1 aromatic heterocycles. The molecule has 4 nitrogen and oxygen atoms in total. The Morgan fingerprint density at radius 3 is 2.43 bits per heavy atom. The first-order valence-corrected chi connectivity index (χ1v) is 8.95. The Labute approximate surface area is 163 Å². The number of benzene rings is 3. The van der Waals surface area contributed by atoms with Crippen molar-refractivity contribution in [3.05, 3.63) is 90.5 Å². The first-order valence-electron chi connectivity index (χ1n) is 8.95. The second-order valence-corrected chi connectivity index (χ2v) is 6.56. The lowest BCUT2D eigenvalue weighted by Gasteiger charge is -2.11. The monoisotopic (exact) mass is 368 g/mol. The lowest BCUT2D eigenvalue weighted by atomic mass is 10.1. The first kappa shape index (κ1) is 17.6. The van der Waals surface area contributed by atoms with Crippen LogP contribution in [0, 0.1) is 0 Å². The predicted octanol–water partition coefficient (Wildman–Crippen LogP) is 5.74. The molecule has 0 spiro atoms. The zero-order valence-electron chi connectivity index (χ0n) is 15.5. The van der Waals surface area contributed by atoms with E-state index in [-0.39, 0.29) is 0 Å². The fourth-order valence-corrected chi connectivity index (χ4v) is 3.15. The number of aromatic nitrogens is 1. The third-order valence-electron chi connectivity index (χ3n) is 4.71. The average molecular weight is 368 g/mol. The minimum atomic E-state index is 0.676. The van der Waals surface area contributed by atoms with Gasteiger partial charge in [-0.25, -0.2) is 0 Å². The van der Waals surface area contributed by atoms with Crippen molar-refractivity contribution >= 4 is 28.6 Å². The molecule has 0 unspecified atom stereocenters. The zero-order valence-corrected chi connectivity index (χ0v) is 15.5. The molecule has 0 bridgehead atoms. The van der Waals surface area contributed by atoms with Crippen LogP contribution in [0.15, 0.2) is 79.4 Å². The quantitative estimate of drug-likeness (QED) is 0.427. The van der Waals surface area contributed by atoms with E-state index in [1.165, 1.54) is 0 Å². The van der Waals surface area contributed by atoms with Gasteiger partial charge in [-0.15, -0.1) is 0 Å². The summed E-state index contributed by atoms with van der Waals surface area (Å²) in [7, 11) is 1.65. The summed E-state index contributed by atoms with van der Waals surface area (Å²) < 4.78 is 5.19. The van der Waals surface area contributed by atoms with Gasteiger partial charge in [-0.1, -0.05) is 18.7 Å². The molecule has 28 heavy (non-hydrogen) atoms. The highest BCUT2D eigenvalue weighted by atomic mass is 16.5. The summed E-state index contributed by atoms with van der Waals surface area (Å²) in [5.41, 5.74) is 6.56. The van der Waals surface area contributed by atoms with Gasteiger partial charge in [-0.3, -0.25) is 4.79 Å². The van der Waals surface area contributed by atoms with Crippen molar-refractivity contribution in [1.82, 2.24) is 4.98 Å². The minimum absolute atomic E-state index is 0.676. The maximum Gasteiger partial charge on any atom is 0.150 e. The Morgan fingerprint density at radius 1 is 1.00 bits per heavy atom. The molecule has 0 aliphatic carbocycles. The van der Waals surface area contributed by atoms with Crippen LogP contribution >= 0.6 is 0 Å². The molecule has 0 radical (unpaired) electrons. The molecule has 0 saturated carbocycles. The number of carbonyl (C=O) groups is 1. The minimum Gasteiger partial charge on any atom is -0.497 e. The van der Waals surface area contributed by atoms with Crippen LogP contribution in [0.2, 0.25) is 0 Å². The van der Waals surface area contributed by atoms with Crippen LogP contribution in [0.25, 0.3) is 27.9 Å². The molecule has 3 aromatic carbocycles. The van der Waals surface area contributed by atoms with Gasteiger partial charge in [0.1, 0.15) is 12.0 Å². The third-order valence-corrected chi connectivity index (χ3v) is 4.71. The smallest absolute Gasteiger partial charge is 0.150 e. The number of carbonyl (C=O) groups excluding carboxylic acids is 1. The average Bonchev–Trinajstić information content (AvgIpc) is 3.17. The molecular weight excluding hydrogens is 348 g/mol. The van der Waals surface area contributed by atoms with Crippen LogP contribution in [0.4, 0.5) is 5.69 Å². The summed E-state index contributed by atoms with van der Waals surface area (Å²) in [6, 6.07) is 23.6. The van der Waals surface area contributed by atoms with Gasteiger partial charge < -0.3 is 15.0 Å². The molecule has 0 atom stereocenters. The number of aldehydes is 1. The summed E-state index contributed by atoms with van der Waals surface area (Å²) in [4.78, 5) is 14.4. The summed E-state index contributed by atoms with van der Waals surface area (Å²) >= 11 is 0. The number of methoxy groups -OCH3 is 1. The fraction of sp³-hybridized carbons (Fsp3) is 0.0417. The number of aromatic amines is 1. The predicted molar refractivity (Wildman–Crippen MR) is 115 cm³/mol. The molecule has 0 saturated heterocycles. The number of anilines is 1. The van der Waals surface area contributed by atoms with Crippen LogP contribution in [-0.4, -0.2) is 18.4 Å². The van der Waals surface area contributed by atoms with Crippen molar-refractivity contribution in [1.29, 1.82) is 0 Å². The molecule has 4 heteroatoms. The summed E-state index contributed by atoms with van der Waals surface area (Å²) in [5.74, 6) is 0.819. The highest BCUT2D eigenvalue weighted by Crippen LogP contribution is 2.27. The fourth-order valence-electron chi connectivity index (χ4n) is 3.15. The Hall–Kier alpha value is -3.79. The van der Waals surface area contributed by atoms with Gasteiger partial charge in [0.2, 0.25) is 0 Å². The first-order chi connectivity index (χ1) is 13.7. The van der Waals surface area contributed by atoms with E-state index in [9.17, 15) is 4.79 Å². The van der Waals surface area contributed by atoms with Crippen LogP contribution < -0.4 is 10.1 Å². The second kappa shape index (κ2) is 7.45. The van der Waals surface area contributed by atoms with E-state index in [1.807, 2.05) is 54.6 Å². The van der Waals surface area contributed by atoms with E-state index in [4.69, 9.17) is 4.74 Å². The van der Waals surface area contributed by atoms with Crippen LogP contribution in [0.3, 0.4) is 0 Å². The number of ether oxygens (including phenoxy) is 1. The van der Waals surface area contributed by atoms with Gasteiger partial charge >= 0.3 is 0 Å².